The van der Waals surface area contributed by atoms with Gasteiger partial charge in [0.2, 0.25) is 0 Å². The molecule has 116 valence electrons. The molecule has 1 amide bonds. The fraction of sp³-hybridized carbons (Fsp3) is 0.467. The van der Waals surface area contributed by atoms with Crippen molar-refractivity contribution in [3.8, 4) is 0 Å². The molecule has 2 N–H and O–H groups in total. The van der Waals surface area contributed by atoms with Gasteiger partial charge in [0.25, 0.3) is 0 Å². The van der Waals surface area contributed by atoms with E-state index < -0.39 is 29.6 Å². The van der Waals surface area contributed by atoms with Crippen molar-refractivity contribution in [2.24, 2.45) is 0 Å². The van der Waals surface area contributed by atoms with E-state index in [4.69, 9.17) is 16.3 Å². The van der Waals surface area contributed by atoms with Crippen LogP contribution in [0, 0.1) is 0 Å². The number of halogens is 1. The number of nitrogens with one attached hydrogen (secondary N) is 1. The molecule has 6 heteroatoms. The lowest BCUT2D eigenvalue weighted by molar-refractivity contribution is -0.140. The predicted molar refractivity (Wildman–Crippen MR) is 80.7 cm³/mol. The van der Waals surface area contributed by atoms with Crippen LogP contribution in [0.15, 0.2) is 24.3 Å². The highest BCUT2D eigenvalue weighted by molar-refractivity contribution is 6.31. The van der Waals surface area contributed by atoms with E-state index in [1.54, 1.807) is 52.0 Å². The average Bonchev–Trinajstić information content (AvgIpc) is 2.33. The molecular weight excluding hydrogens is 294 g/mol. The first kappa shape index (κ1) is 17.3. The Morgan fingerprint density at radius 3 is 2.33 bits per heavy atom. The number of rotatable bonds is 4. The van der Waals surface area contributed by atoms with E-state index in [1.165, 1.54) is 0 Å². The first-order valence-corrected chi connectivity index (χ1v) is 6.96. The van der Waals surface area contributed by atoms with Gasteiger partial charge < -0.3 is 15.2 Å². The molecule has 5 nitrogen and oxygen atoms in total. The Kier molecular flexibility index (Phi) is 5.61. The first-order chi connectivity index (χ1) is 9.61. The maximum absolute atomic E-state index is 11.8. The van der Waals surface area contributed by atoms with Crippen molar-refractivity contribution in [3.05, 3.63) is 34.9 Å². The Morgan fingerprint density at radius 2 is 1.86 bits per heavy atom. The molecule has 1 rings (SSSR count). The molecule has 1 aromatic rings. The summed E-state index contributed by atoms with van der Waals surface area (Å²) in [6.45, 7) is 6.82. The minimum absolute atomic E-state index is 0.460. The molecule has 1 aromatic carbocycles. The zero-order chi connectivity index (χ0) is 16.2. The summed E-state index contributed by atoms with van der Waals surface area (Å²) in [6, 6.07) is 5.82. The van der Waals surface area contributed by atoms with Crippen LogP contribution in [0.25, 0.3) is 0 Å². The topological polar surface area (TPSA) is 75.6 Å². The minimum atomic E-state index is -1.15. The maximum atomic E-state index is 11.8. The van der Waals surface area contributed by atoms with Crippen molar-refractivity contribution in [3.63, 3.8) is 0 Å². The third-order valence-corrected chi connectivity index (χ3v) is 3.18. The van der Waals surface area contributed by atoms with Crippen molar-refractivity contribution in [1.82, 2.24) is 5.32 Å². The molecule has 0 radical (unpaired) electrons. The van der Waals surface area contributed by atoms with Gasteiger partial charge in [-0.3, -0.25) is 0 Å². The molecule has 0 spiro atoms. The fourth-order valence-electron chi connectivity index (χ4n) is 1.86. The zero-order valence-corrected chi connectivity index (χ0v) is 13.3. The molecule has 2 atom stereocenters. The maximum Gasteiger partial charge on any atom is 0.408 e. The number of alkyl carbamates (subject to hydrolysis) is 1. The number of carbonyl (C=O) groups is 2. The van der Waals surface area contributed by atoms with Crippen molar-refractivity contribution in [1.29, 1.82) is 0 Å². The van der Waals surface area contributed by atoms with Crippen LogP contribution in [0.5, 0.6) is 0 Å². The van der Waals surface area contributed by atoms with Gasteiger partial charge >= 0.3 is 12.1 Å². The van der Waals surface area contributed by atoms with Crippen molar-refractivity contribution in [2.75, 3.05) is 0 Å². The molecular formula is C15H20ClNO4. The molecule has 0 fully saturated rings. The third-order valence-electron chi connectivity index (χ3n) is 2.83. The highest BCUT2D eigenvalue weighted by Gasteiger charge is 2.30. The molecule has 0 aliphatic carbocycles. The van der Waals surface area contributed by atoms with Crippen LogP contribution in [-0.4, -0.2) is 28.8 Å². The largest absolute Gasteiger partial charge is 0.480 e. The summed E-state index contributed by atoms with van der Waals surface area (Å²) >= 11 is 6.07. The molecule has 0 saturated carbocycles. The average molecular weight is 314 g/mol. The minimum Gasteiger partial charge on any atom is -0.480 e. The second-order valence-electron chi connectivity index (χ2n) is 5.77. The first-order valence-electron chi connectivity index (χ1n) is 6.58. The van der Waals surface area contributed by atoms with Gasteiger partial charge in [-0.05, 0) is 32.4 Å². The second-order valence-corrected chi connectivity index (χ2v) is 6.18. The zero-order valence-electron chi connectivity index (χ0n) is 12.5. The highest BCUT2D eigenvalue weighted by atomic mass is 35.5. The van der Waals surface area contributed by atoms with Gasteiger partial charge in [0.15, 0.2) is 0 Å². The number of carboxylic acids is 1. The number of hydrogen-bond donors (Lipinski definition) is 2. The molecule has 0 heterocycles. The van der Waals surface area contributed by atoms with Crippen LogP contribution >= 0.6 is 11.6 Å². The third kappa shape index (κ3) is 5.27. The summed E-state index contributed by atoms with van der Waals surface area (Å²) in [4.78, 5) is 23.2. The smallest absolute Gasteiger partial charge is 0.408 e. The van der Waals surface area contributed by atoms with Crippen LogP contribution in [0.4, 0.5) is 4.79 Å². The number of carboxylic acid groups (broad SMARTS) is 1. The lowest BCUT2D eigenvalue weighted by atomic mass is 9.93. The van der Waals surface area contributed by atoms with E-state index in [-0.39, 0.29) is 0 Å². The van der Waals surface area contributed by atoms with Crippen LogP contribution in [0.2, 0.25) is 5.02 Å². The number of hydrogen-bond acceptors (Lipinski definition) is 3. The molecule has 0 aromatic heterocycles. The number of carbonyl (C=O) groups excluding carboxylic acids is 1. The van der Waals surface area contributed by atoms with E-state index in [2.05, 4.69) is 5.32 Å². The molecule has 21 heavy (non-hydrogen) atoms. The summed E-state index contributed by atoms with van der Waals surface area (Å²) in [5, 5.41) is 12.2. The van der Waals surface area contributed by atoms with Crippen molar-refractivity contribution in [2.45, 2.75) is 45.3 Å². The summed E-state index contributed by atoms with van der Waals surface area (Å²) < 4.78 is 5.09. The predicted octanol–water partition coefficient (Wildman–Crippen LogP) is 3.42. The Morgan fingerprint density at radius 1 is 1.29 bits per heavy atom. The van der Waals surface area contributed by atoms with Gasteiger partial charge in [-0.25, -0.2) is 9.59 Å². The molecule has 0 saturated heterocycles. The number of ether oxygens (including phenoxy) is 1. The standard InChI is InChI=1S/C15H20ClNO4/c1-9(10-7-5-6-8-11(10)16)12(13(18)19)17-14(20)21-15(2,3)4/h5-9,12H,1-4H3,(H,17,20)(H,18,19)/t9-,12-/m1/s1. The van der Waals surface area contributed by atoms with E-state index >= 15 is 0 Å². The lowest BCUT2D eigenvalue weighted by Crippen LogP contribution is -2.46. The van der Waals surface area contributed by atoms with Crippen LogP contribution in [0.1, 0.15) is 39.2 Å². The number of amides is 1. The summed E-state index contributed by atoms with van der Waals surface area (Å²) in [5.74, 6) is -1.64. The molecule has 0 aliphatic rings. The number of aliphatic carboxylic acids is 1. The SMILES string of the molecule is C[C@H](c1ccccc1Cl)[C@@H](NC(=O)OC(C)(C)C)C(=O)O. The van der Waals surface area contributed by atoms with Crippen LogP contribution in [0.3, 0.4) is 0 Å². The lowest BCUT2D eigenvalue weighted by Gasteiger charge is -2.25. The molecule has 0 bridgehead atoms. The van der Waals surface area contributed by atoms with E-state index in [0.29, 0.717) is 10.6 Å². The van der Waals surface area contributed by atoms with Gasteiger partial charge in [0.05, 0.1) is 0 Å². The Hall–Kier alpha value is -1.75. The quantitative estimate of drug-likeness (QED) is 0.893. The summed E-state index contributed by atoms with van der Waals surface area (Å²) in [7, 11) is 0. The van der Waals surface area contributed by atoms with Gasteiger partial charge in [0, 0.05) is 10.9 Å². The number of benzene rings is 1. The monoisotopic (exact) mass is 313 g/mol. The summed E-state index contributed by atoms with van der Waals surface area (Å²) in [6.07, 6.45) is -0.770. The van der Waals surface area contributed by atoms with Crippen molar-refractivity contribution >= 4 is 23.7 Å². The Balaban J connectivity index is 2.90. The Bertz CT molecular complexity index is 525. The van der Waals surface area contributed by atoms with E-state index in [1.807, 2.05) is 0 Å². The van der Waals surface area contributed by atoms with Gasteiger partial charge in [-0.15, -0.1) is 0 Å². The van der Waals surface area contributed by atoms with Crippen LogP contribution in [-0.2, 0) is 9.53 Å². The fourth-order valence-corrected chi connectivity index (χ4v) is 2.17. The van der Waals surface area contributed by atoms with E-state index in [9.17, 15) is 14.7 Å². The highest BCUT2D eigenvalue weighted by Crippen LogP contribution is 2.27. The Labute approximate surface area is 129 Å². The van der Waals surface area contributed by atoms with Gasteiger partial charge in [-0.2, -0.15) is 0 Å². The summed E-state index contributed by atoms with van der Waals surface area (Å²) in [5.41, 5.74) is -0.0385. The van der Waals surface area contributed by atoms with E-state index in [0.717, 1.165) is 0 Å². The molecule has 0 unspecified atom stereocenters. The normalized spacial score (nSPS) is 14.1. The van der Waals surface area contributed by atoms with Gasteiger partial charge in [0.1, 0.15) is 11.6 Å². The molecule has 0 aliphatic heterocycles. The second kappa shape index (κ2) is 6.80. The van der Waals surface area contributed by atoms with Crippen molar-refractivity contribution < 1.29 is 19.4 Å². The van der Waals surface area contributed by atoms with Crippen LogP contribution < -0.4 is 5.32 Å². The van der Waals surface area contributed by atoms with Gasteiger partial charge in [-0.1, -0.05) is 36.7 Å².